The SMILES string of the molecule is C1=C\C=C/C=C\C=C/1.C1=C\C=C/C=C\C=C/1.[Co]. The molecule has 2 rings (SSSR count). The van der Waals surface area contributed by atoms with Crippen LogP contribution in [0.4, 0.5) is 0 Å². The molecule has 0 aliphatic heterocycles. The van der Waals surface area contributed by atoms with Crippen LogP contribution < -0.4 is 0 Å². The molecule has 0 saturated carbocycles. The van der Waals surface area contributed by atoms with Gasteiger partial charge in [0.2, 0.25) is 0 Å². The van der Waals surface area contributed by atoms with Gasteiger partial charge in [-0.25, -0.2) is 0 Å². The van der Waals surface area contributed by atoms with E-state index in [1.54, 1.807) is 0 Å². The van der Waals surface area contributed by atoms with E-state index in [1.165, 1.54) is 0 Å². The molecule has 17 heavy (non-hydrogen) atoms. The van der Waals surface area contributed by atoms with Gasteiger partial charge < -0.3 is 0 Å². The Labute approximate surface area is 114 Å². The zero-order valence-electron chi connectivity index (χ0n) is 9.57. The van der Waals surface area contributed by atoms with Gasteiger partial charge in [0.1, 0.15) is 0 Å². The summed E-state index contributed by atoms with van der Waals surface area (Å²) in [6, 6.07) is 0. The average molecular weight is 267 g/mol. The number of hydrogen-bond donors (Lipinski definition) is 0. The molecule has 0 saturated heterocycles. The van der Waals surface area contributed by atoms with Gasteiger partial charge in [-0.1, -0.05) is 97.2 Å². The molecule has 0 fully saturated rings. The maximum Gasteiger partial charge on any atom is 0 e. The largest absolute Gasteiger partial charge is 0.0623 e. The van der Waals surface area contributed by atoms with E-state index in [-0.39, 0.29) is 16.8 Å². The second-order valence-electron chi connectivity index (χ2n) is 3.08. The summed E-state index contributed by atoms with van der Waals surface area (Å²) in [5, 5.41) is 0. The smallest absolute Gasteiger partial charge is 0 e. The quantitative estimate of drug-likeness (QED) is 0.608. The van der Waals surface area contributed by atoms with Crippen LogP contribution in [0, 0.1) is 0 Å². The van der Waals surface area contributed by atoms with Crippen molar-refractivity contribution in [1.82, 2.24) is 0 Å². The fourth-order valence-electron chi connectivity index (χ4n) is 1.03. The first-order valence-corrected chi connectivity index (χ1v) is 5.33. The first kappa shape index (κ1) is 15.4. The average Bonchev–Trinajstić information content (AvgIpc) is 2.15. The molecular formula is C16H16Co. The monoisotopic (exact) mass is 267 g/mol. The van der Waals surface area contributed by atoms with Gasteiger partial charge in [-0.2, -0.15) is 0 Å². The Hall–Kier alpha value is -1.57. The summed E-state index contributed by atoms with van der Waals surface area (Å²) in [6.45, 7) is 0. The van der Waals surface area contributed by atoms with Gasteiger partial charge in [-0.05, 0) is 0 Å². The zero-order chi connectivity index (χ0) is 11.3. The molecular weight excluding hydrogens is 251 g/mol. The van der Waals surface area contributed by atoms with E-state index >= 15 is 0 Å². The molecule has 0 aromatic carbocycles. The van der Waals surface area contributed by atoms with Gasteiger partial charge in [-0.15, -0.1) is 0 Å². The van der Waals surface area contributed by atoms with Crippen molar-refractivity contribution in [1.29, 1.82) is 0 Å². The number of rotatable bonds is 0. The van der Waals surface area contributed by atoms with Crippen molar-refractivity contribution in [2.75, 3.05) is 0 Å². The minimum atomic E-state index is 0. The summed E-state index contributed by atoms with van der Waals surface area (Å²) in [5.41, 5.74) is 0. The third-order valence-corrected chi connectivity index (χ3v) is 1.78. The normalized spacial score (nSPS) is 30.1. The Balaban J connectivity index is 0.000000284. The van der Waals surface area contributed by atoms with Crippen LogP contribution >= 0.6 is 0 Å². The third-order valence-electron chi connectivity index (χ3n) is 1.78. The van der Waals surface area contributed by atoms with Crippen LogP contribution in [0.1, 0.15) is 0 Å². The van der Waals surface area contributed by atoms with Crippen molar-refractivity contribution in [2.24, 2.45) is 0 Å². The van der Waals surface area contributed by atoms with E-state index < -0.39 is 0 Å². The van der Waals surface area contributed by atoms with Gasteiger partial charge in [0.25, 0.3) is 0 Å². The number of allylic oxidation sites excluding steroid dienone is 16. The minimum absolute atomic E-state index is 0. The summed E-state index contributed by atoms with van der Waals surface area (Å²) in [5.74, 6) is 0. The standard InChI is InChI=1S/2C8H8.Co/c2*1-2-4-6-8-7-5-3-1;/h2*1-8H;/b2*2-1-,3-1?,4-2?,5-3-,6-4-,7-5?,8-6?,8-7-;. The Morgan fingerprint density at radius 1 is 0.176 bits per heavy atom. The molecule has 0 spiro atoms. The molecule has 0 amide bonds. The minimum Gasteiger partial charge on any atom is -0.0623 e. The van der Waals surface area contributed by atoms with Gasteiger partial charge in [0.15, 0.2) is 0 Å². The van der Waals surface area contributed by atoms with Crippen molar-refractivity contribution in [2.45, 2.75) is 0 Å². The topological polar surface area (TPSA) is 0 Å². The Bertz CT molecular complexity index is 247. The van der Waals surface area contributed by atoms with E-state index in [2.05, 4.69) is 0 Å². The molecule has 0 atom stereocenters. The second-order valence-corrected chi connectivity index (χ2v) is 3.08. The summed E-state index contributed by atoms with van der Waals surface area (Å²) >= 11 is 0. The predicted molar refractivity (Wildman–Crippen MR) is 73.1 cm³/mol. The molecule has 0 heterocycles. The van der Waals surface area contributed by atoms with Gasteiger partial charge >= 0.3 is 0 Å². The second kappa shape index (κ2) is 12.5. The predicted octanol–water partition coefficient (Wildman–Crippen LogP) is 4.45. The fraction of sp³-hybridized carbons (Fsp3) is 0. The molecule has 0 bridgehead atoms. The number of hydrogen-bond acceptors (Lipinski definition) is 0. The van der Waals surface area contributed by atoms with E-state index in [4.69, 9.17) is 0 Å². The van der Waals surface area contributed by atoms with Crippen LogP contribution in [0.25, 0.3) is 0 Å². The van der Waals surface area contributed by atoms with Crippen LogP contribution in [-0.2, 0) is 16.8 Å². The van der Waals surface area contributed by atoms with Gasteiger partial charge in [0.05, 0.1) is 0 Å². The summed E-state index contributed by atoms with van der Waals surface area (Å²) in [6.07, 6.45) is 32.0. The fourth-order valence-corrected chi connectivity index (χ4v) is 1.03. The molecule has 2 aliphatic rings. The molecule has 0 unspecified atom stereocenters. The van der Waals surface area contributed by atoms with Crippen molar-refractivity contribution < 1.29 is 16.8 Å². The van der Waals surface area contributed by atoms with Gasteiger partial charge in [0, 0.05) is 16.8 Å². The van der Waals surface area contributed by atoms with Crippen LogP contribution in [0.5, 0.6) is 0 Å². The van der Waals surface area contributed by atoms with E-state index in [9.17, 15) is 0 Å². The molecule has 0 aromatic rings. The van der Waals surface area contributed by atoms with Crippen LogP contribution in [0.3, 0.4) is 0 Å². The van der Waals surface area contributed by atoms with E-state index in [0.717, 1.165) is 0 Å². The first-order valence-electron chi connectivity index (χ1n) is 5.33. The van der Waals surface area contributed by atoms with Crippen molar-refractivity contribution in [3.63, 3.8) is 0 Å². The summed E-state index contributed by atoms with van der Waals surface area (Å²) < 4.78 is 0. The van der Waals surface area contributed by atoms with Crippen LogP contribution in [-0.4, -0.2) is 0 Å². The molecule has 2 aliphatic carbocycles. The maximum atomic E-state index is 2.00. The molecule has 0 nitrogen and oxygen atoms in total. The first-order chi connectivity index (χ1) is 8.00. The third kappa shape index (κ3) is 10.7. The molecule has 0 N–H and O–H groups in total. The maximum absolute atomic E-state index is 2.00. The Kier molecular flexibility index (Phi) is 11.3. The van der Waals surface area contributed by atoms with Crippen molar-refractivity contribution >= 4 is 0 Å². The summed E-state index contributed by atoms with van der Waals surface area (Å²) in [7, 11) is 0. The summed E-state index contributed by atoms with van der Waals surface area (Å²) in [4.78, 5) is 0. The molecule has 89 valence electrons. The zero-order valence-corrected chi connectivity index (χ0v) is 10.6. The molecule has 0 aromatic heterocycles. The van der Waals surface area contributed by atoms with Crippen molar-refractivity contribution in [3.05, 3.63) is 97.2 Å². The Morgan fingerprint density at radius 2 is 0.235 bits per heavy atom. The molecule has 1 radical (unpaired) electrons. The Morgan fingerprint density at radius 3 is 0.294 bits per heavy atom. The molecule has 1 heteroatoms. The van der Waals surface area contributed by atoms with Crippen LogP contribution in [0.2, 0.25) is 0 Å². The van der Waals surface area contributed by atoms with Gasteiger partial charge in [-0.3, -0.25) is 0 Å². The van der Waals surface area contributed by atoms with Crippen LogP contribution in [0.15, 0.2) is 97.2 Å². The van der Waals surface area contributed by atoms with E-state index in [0.29, 0.717) is 0 Å². The van der Waals surface area contributed by atoms with E-state index in [1.807, 2.05) is 97.2 Å². The van der Waals surface area contributed by atoms with Crippen molar-refractivity contribution in [3.8, 4) is 0 Å².